The van der Waals surface area contributed by atoms with Crippen LogP contribution >= 0.6 is 0 Å². The topological polar surface area (TPSA) is 26.3 Å². The normalized spacial score (nSPS) is 12.1. The number of hydrogen-bond acceptors (Lipinski definition) is 2. The molecule has 2 aromatic rings. The molecular weight excluding hydrogens is 332 g/mol. The summed E-state index contributed by atoms with van der Waals surface area (Å²) in [6, 6.07) is 16.2. The van der Waals surface area contributed by atoms with Gasteiger partial charge < -0.3 is 4.74 Å². The molecule has 144 valence electrons. The van der Waals surface area contributed by atoms with Crippen molar-refractivity contribution in [1.29, 1.82) is 0 Å². The maximum atomic E-state index is 12.9. The molecule has 0 aromatic heterocycles. The number of allylic oxidation sites excluding steroid dienone is 1. The molecule has 0 bridgehead atoms. The predicted molar refractivity (Wildman–Crippen MR) is 115 cm³/mol. The van der Waals surface area contributed by atoms with Crippen LogP contribution in [-0.2, 0) is 4.74 Å². The van der Waals surface area contributed by atoms with Crippen LogP contribution in [0.5, 0.6) is 0 Å². The lowest BCUT2D eigenvalue weighted by Gasteiger charge is -2.22. The van der Waals surface area contributed by atoms with E-state index in [0.29, 0.717) is 5.56 Å². The Balaban J connectivity index is 2.51. The fraction of sp³-hybridized carbons (Fsp3) is 0.400. The maximum absolute atomic E-state index is 12.9. The average molecular weight is 365 g/mol. The van der Waals surface area contributed by atoms with Gasteiger partial charge in [-0.05, 0) is 68.9 Å². The Morgan fingerprint density at radius 3 is 2.33 bits per heavy atom. The minimum Gasteiger partial charge on any atom is -0.456 e. The Kier molecular flexibility index (Phi) is 7.41. The summed E-state index contributed by atoms with van der Waals surface area (Å²) in [5, 5.41) is 0. The molecule has 0 aliphatic heterocycles. The van der Waals surface area contributed by atoms with Gasteiger partial charge >= 0.3 is 5.97 Å². The molecule has 0 spiro atoms. The van der Waals surface area contributed by atoms with Gasteiger partial charge in [-0.3, -0.25) is 0 Å². The number of aryl methyl sites for hydroxylation is 1. The van der Waals surface area contributed by atoms with Gasteiger partial charge in [0.1, 0.15) is 5.60 Å². The minimum absolute atomic E-state index is 0.254. The van der Waals surface area contributed by atoms with Crippen LogP contribution in [0.15, 0.2) is 48.5 Å². The highest BCUT2D eigenvalue weighted by Gasteiger charge is 2.22. The minimum atomic E-state index is -0.510. The van der Waals surface area contributed by atoms with Crippen molar-refractivity contribution in [3.63, 3.8) is 0 Å². The number of rotatable bonds is 7. The van der Waals surface area contributed by atoms with Gasteiger partial charge in [-0.15, -0.1) is 0 Å². The van der Waals surface area contributed by atoms with Gasteiger partial charge in [0, 0.05) is 0 Å². The lowest BCUT2D eigenvalue weighted by Crippen LogP contribution is -2.24. The first-order valence-electron chi connectivity index (χ1n) is 9.91. The van der Waals surface area contributed by atoms with E-state index in [4.69, 9.17) is 4.74 Å². The molecule has 2 rings (SSSR count). The standard InChI is InChI=1S/C25H32O2/c1-6-7-9-16-21(18-20-14-10-8-11-15-20)23-19(2)13-12-17-22(23)24(26)27-25(3,4)5/h8,10-15,17-18H,6-7,9,16H2,1-5H3/b21-18-. The molecule has 0 unspecified atom stereocenters. The van der Waals surface area contributed by atoms with Gasteiger partial charge in [-0.25, -0.2) is 4.79 Å². The predicted octanol–water partition coefficient (Wildman–Crippen LogP) is 7.07. The lowest BCUT2D eigenvalue weighted by atomic mass is 9.90. The van der Waals surface area contributed by atoms with Crippen molar-refractivity contribution in [3.05, 3.63) is 70.8 Å². The Hall–Kier alpha value is -2.35. The Morgan fingerprint density at radius 2 is 1.70 bits per heavy atom. The van der Waals surface area contributed by atoms with Gasteiger partial charge in [0.25, 0.3) is 0 Å². The van der Waals surface area contributed by atoms with Crippen LogP contribution in [-0.4, -0.2) is 11.6 Å². The summed E-state index contributed by atoms with van der Waals surface area (Å²) in [5.41, 5.74) is 4.63. The second kappa shape index (κ2) is 9.55. The van der Waals surface area contributed by atoms with Crippen LogP contribution in [0.2, 0.25) is 0 Å². The maximum Gasteiger partial charge on any atom is 0.339 e. The second-order valence-corrected chi connectivity index (χ2v) is 8.04. The Bertz CT molecular complexity index is 780. The number of benzene rings is 2. The number of carbonyl (C=O) groups excluding carboxylic acids is 1. The SMILES string of the molecule is CCCCC/C(=C/c1ccccc1)c1c(C)cccc1C(=O)OC(C)(C)C. The van der Waals surface area contributed by atoms with Crippen molar-refractivity contribution in [2.24, 2.45) is 0 Å². The van der Waals surface area contributed by atoms with Crippen molar-refractivity contribution in [2.45, 2.75) is 65.9 Å². The Morgan fingerprint density at radius 1 is 1.00 bits per heavy atom. The van der Waals surface area contributed by atoms with Crippen LogP contribution in [0, 0.1) is 6.92 Å². The molecule has 2 nitrogen and oxygen atoms in total. The monoisotopic (exact) mass is 364 g/mol. The highest BCUT2D eigenvalue weighted by molar-refractivity contribution is 5.98. The second-order valence-electron chi connectivity index (χ2n) is 8.04. The first-order valence-corrected chi connectivity index (χ1v) is 9.91. The average Bonchev–Trinajstić information content (AvgIpc) is 2.60. The fourth-order valence-electron chi connectivity index (χ4n) is 3.18. The molecule has 0 amide bonds. The summed E-state index contributed by atoms with van der Waals surface area (Å²) in [7, 11) is 0. The number of unbranched alkanes of at least 4 members (excludes halogenated alkanes) is 2. The zero-order valence-corrected chi connectivity index (χ0v) is 17.3. The largest absolute Gasteiger partial charge is 0.456 e. The molecule has 0 N–H and O–H groups in total. The van der Waals surface area contributed by atoms with Gasteiger partial charge in [-0.1, -0.05) is 68.3 Å². The number of esters is 1. The van der Waals surface area contributed by atoms with E-state index in [0.717, 1.165) is 29.5 Å². The van der Waals surface area contributed by atoms with Crippen molar-refractivity contribution in [2.75, 3.05) is 0 Å². The first-order chi connectivity index (χ1) is 12.8. The van der Waals surface area contributed by atoms with E-state index in [-0.39, 0.29) is 5.97 Å². The summed E-state index contributed by atoms with van der Waals surface area (Å²) >= 11 is 0. The van der Waals surface area contributed by atoms with E-state index in [9.17, 15) is 4.79 Å². The molecule has 0 heterocycles. The molecule has 0 saturated carbocycles. The molecule has 0 aliphatic rings. The summed E-state index contributed by atoms with van der Waals surface area (Å²) in [5.74, 6) is -0.254. The summed E-state index contributed by atoms with van der Waals surface area (Å²) < 4.78 is 5.68. The van der Waals surface area contributed by atoms with Crippen LogP contribution in [0.1, 0.15) is 80.4 Å². The van der Waals surface area contributed by atoms with Crippen LogP contribution in [0.4, 0.5) is 0 Å². The lowest BCUT2D eigenvalue weighted by molar-refractivity contribution is 0.00690. The van der Waals surface area contributed by atoms with Crippen molar-refractivity contribution >= 4 is 17.6 Å². The third-order valence-electron chi connectivity index (χ3n) is 4.40. The molecule has 0 saturated heterocycles. The zero-order chi connectivity index (χ0) is 19.9. The first kappa shape index (κ1) is 21.0. The number of ether oxygens (including phenoxy) is 1. The molecule has 2 aromatic carbocycles. The van der Waals surface area contributed by atoms with E-state index >= 15 is 0 Å². The summed E-state index contributed by atoms with van der Waals surface area (Å²) in [6.07, 6.45) is 6.62. The van der Waals surface area contributed by atoms with Gasteiger partial charge in [0.05, 0.1) is 5.56 Å². The third kappa shape index (κ3) is 6.39. The third-order valence-corrected chi connectivity index (χ3v) is 4.40. The van der Waals surface area contributed by atoms with Gasteiger partial charge in [0.2, 0.25) is 0 Å². The van der Waals surface area contributed by atoms with Crippen molar-refractivity contribution in [1.82, 2.24) is 0 Å². The molecule has 27 heavy (non-hydrogen) atoms. The molecule has 0 atom stereocenters. The van der Waals surface area contributed by atoms with Gasteiger partial charge in [-0.2, -0.15) is 0 Å². The van der Waals surface area contributed by atoms with E-state index in [1.54, 1.807) is 0 Å². The molecular formula is C25H32O2. The molecule has 0 radical (unpaired) electrons. The quantitative estimate of drug-likeness (QED) is 0.298. The van der Waals surface area contributed by atoms with Crippen molar-refractivity contribution < 1.29 is 9.53 Å². The highest BCUT2D eigenvalue weighted by Crippen LogP contribution is 2.31. The number of hydrogen-bond donors (Lipinski definition) is 0. The smallest absolute Gasteiger partial charge is 0.339 e. The van der Waals surface area contributed by atoms with E-state index in [1.165, 1.54) is 18.4 Å². The van der Waals surface area contributed by atoms with E-state index in [1.807, 2.05) is 51.1 Å². The van der Waals surface area contributed by atoms with E-state index in [2.05, 4.69) is 38.1 Å². The summed E-state index contributed by atoms with van der Waals surface area (Å²) in [4.78, 5) is 12.9. The van der Waals surface area contributed by atoms with E-state index < -0.39 is 5.60 Å². The Labute approximate surface area is 164 Å². The number of carbonyl (C=O) groups is 1. The summed E-state index contributed by atoms with van der Waals surface area (Å²) in [6.45, 7) is 10.00. The van der Waals surface area contributed by atoms with Crippen molar-refractivity contribution in [3.8, 4) is 0 Å². The molecule has 0 aliphatic carbocycles. The van der Waals surface area contributed by atoms with Crippen LogP contribution < -0.4 is 0 Å². The molecule has 0 fully saturated rings. The van der Waals surface area contributed by atoms with Gasteiger partial charge in [0.15, 0.2) is 0 Å². The molecule has 2 heteroatoms. The van der Waals surface area contributed by atoms with Crippen LogP contribution in [0.3, 0.4) is 0 Å². The fourth-order valence-corrected chi connectivity index (χ4v) is 3.18. The highest BCUT2D eigenvalue weighted by atomic mass is 16.6. The zero-order valence-electron chi connectivity index (χ0n) is 17.3. The van der Waals surface area contributed by atoms with Crippen LogP contribution in [0.25, 0.3) is 11.6 Å².